The van der Waals surface area contributed by atoms with Gasteiger partial charge in [-0.05, 0) is 55.0 Å². The summed E-state index contributed by atoms with van der Waals surface area (Å²) < 4.78 is 48.3. The Bertz CT molecular complexity index is 1570. The van der Waals surface area contributed by atoms with Crippen molar-refractivity contribution in [3.05, 3.63) is 60.4 Å². The minimum absolute atomic E-state index is 0.0518. The van der Waals surface area contributed by atoms with Crippen LogP contribution in [0.5, 0.6) is 0 Å². The van der Waals surface area contributed by atoms with Crippen LogP contribution >= 0.6 is 0 Å². The number of hydrogen-bond acceptors (Lipinski definition) is 7. The summed E-state index contributed by atoms with van der Waals surface area (Å²) in [6.45, 7) is 1.67. The summed E-state index contributed by atoms with van der Waals surface area (Å²) in [5, 5.41) is 5.23. The minimum Gasteiger partial charge on any atom is -0.378 e. The second-order valence-electron chi connectivity index (χ2n) is 9.18. The Kier molecular flexibility index (Phi) is 8.95. The van der Waals surface area contributed by atoms with Crippen molar-refractivity contribution in [2.75, 3.05) is 60.7 Å². The summed E-state index contributed by atoms with van der Waals surface area (Å²) in [6, 6.07) is 15.0. The van der Waals surface area contributed by atoms with Gasteiger partial charge in [-0.3, -0.25) is 4.39 Å². The molecule has 4 aromatic rings. The van der Waals surface area contributed by atoms with Crippen LogP contribution in [0.4, 0.5) is 30.8 Å². The first-order chi connectivity index (χ1) is 20.0. The summed E-state index contributed by atoms with van der Waals surface area (Å²) in [7, 11) is -0.0717. The number of halogens is 2. The van der Waals surface area contributed by atoms with Crippen molar-refractivity contribution in [3.8, 4) is 22.6 Å². The molecule has 1 unspecified atom stereocenters. The Morgan fingerprint density at radius 1 is 1.05 bits per heavy atom. The molecular weight excluding hydrogens is 552 g/mol. The molecule has 214 valence electrons. The summed E-state index contributed by atoms with van der Waals surface area (Å²) in [6.07, 6.45) is 0.122. The average molecular weight is 582 g/mol. The third kappa shape index (κ3) is 6.57. The van der Waals surface area contributed by atoms with E-state index in [0.29, 0.717) is 60.4 Å². The molecule has 13 heteroatoms. The van der Waals surface area contributed by atoms with Crippen molar-refractivity contribution in [2.45, 2.75) is 6.42 Å². The number of fused-ring (bicyclic) bond motifs is 1. The molecule has 0 bridgehead atoms. The molecule has 1 atom stereocenters. The number of morpholine rings is 1. The van der Waals surface area contributed by atoms with E-state index in [-0.39, 0.29) is 29.5 Å². The quantitative estimate of drug-likeness (QED) is 0.266. The number of alkyl halides is 1. The molecule has 2 aromatic carbocycles. The summed E-state index contributed by atoms with van der Waals surface area (Å²) in [4.78, 5) is 28.1. The first-order valence-electron chi connectivity index (χ1n) is 13.1. The molecular formula is C28H29F2N7O3S. The van der Waals surface area contributed by atoms with Crippen molar-refractivity contribution >= 4 is 45.2 Å². The monoisotopic (exact) mass is 581 g/mol. The lowest BCUT2D eigenvalue weighted by atomic mass is 10.1. The van der Waals surface area contributed by atoms with Crippen LogP contribution in [0.1, 0.15) is 6.42 Å². The second kappa shape index (κ2) is 13.0. The Morgan fingerprint density at radius 2 is 1.83 bits per heavy atom. The van der Waals surface area contributed by atoms with Gasteiger partial charge in [0.2, 0.25) is 0 Å². The van der Waals surface area contributed by atoms with Crippen LogP contribution in [0, 0.1) is 5.82 Å². The number of hydrogen-bond donors (Lipinski definition) is 3. The van der Waals surface area contributed by atoms with E-state index in [2.05, 4.69) is 20.3 Å². The molecule has 1 aliphatic heterocycles. The normalized spacial score (nSPS) is 14.1. The zero-order valence-electron chi connectivity index (χ0n) is 22.3. The molecule has 1 fully saturated rings. The fraction of sp³-hybridized carbons (Fsp3) is 0.286. The van der Waals surface area contributed by atoms with Gasteiger partial charge < -0.3 is 25.0 Å². The smallest absolute Gasteiger partial charge is 0.318 e. The van der Waals surface area contributed by atoms with E-state index < -0.39 is 23.5 Å². The van der Waals surface area contributed by atoms with E-state index >= 15 is 4.39 Å². The molecule has 3 heterocycles. The van der Waals surface area contributed by atoms with Gasteiger partial charge in [-0.15, -0.1) is 0 Å². The first-order valence-corrected chi connectivity index (χ1v) is 14.4. The fourth-order valence-corrected chi connectivity index (χ4v) is 5.21. The number of benzene rings is 2. The van der Waals surface area contributed by atoms with E-state index in [1.807, 2.05) is 12.1 Å². The molecule has 0 spiro atoms. The SMILES string of the molecule is CNC(=O)Nc1ccc(-c2nc(N3CCOCC3)c3nc(-c4cccc(NS(=O)CCCF)c4F)ccc3n2)cc1. The van der Waals surface area contributed by atoms with Crippen molar-refractivity contribution < 1.29 is 22.5 Å². The highest BCUT2D eigenvalue weighted by molar-refractivity contribution is 7.86. The van der Waals surface area contributed by atoms with Crippen molar-refractivity contribution in [2.24, 2.45) is 0 Å². The van der Waals surface area contributed by atoms with Crippen LogP contribution in [0.15, 0.2) is 54.6 Å². The molecule has 2 amide bonds. The summed E-state index contributed by atoms with van der Waals surface area (Å²) >= 11 is 0. The van der Waals surface area contributed by atoms with Crippen LogP contribution in [0.2, 0.25) is 0 Å². The Balaban J connectivity index is 1.53. The van der Waals surface area contributed by atoms with Gasteiger partial charge in [0, 0.05) is 42.7 Å². The maximum atomic E-state index is 15.5. The van der Waals surface area contributed by atoms with Crippen molar-refractivity contribution in [1.29, 1.82) is 0 Å². The number of nitrogens with one attached hydrogen (secondary N) is 3. The van der Waals surface area contributed by atoms with E-state index in [9.17, 15) is 13.4 Å². The third-order valence-electron chi connectivity index (χ3n) is 6.42. The molecule has 0 aliphatic carbocycles. The lowest BCUT2D eigenvalue weighted by molar-refractivity contribution is 0.122. The number of carbonyl (C=O) groups excluding carboxylic acids is 1. The zero-order chi connectivity index (χ0) is 28.8. The average Bonchev–Trinajstić information content (AvgIpc) is 3.01. The van der Waals surface area contributed by atoms with Gasteiger partial charge in [-0.25, -0.2) is 28.3 Å². The number of pyridine rings is 1. The predicted molar refractivity (Wildman–Crippen MR) is 156 cm³/mol. The number of amides is 2. The molecule has 10 nitrogen and oxygen atoms in total. The largest absolute Gasteiger partial charge is 0.378 e. The van der Waals surface area contributed by atoms with Crippen LogP contribution in [0.3, 0.4) is 0 Å². The summed E-state index contributed by atoms with van der Waals surface area (Å²) in [5.74, 6) is 0.548. The molecule has 2 aromatic heterocycles. The maximum absolute atomic E-state index is 15.5. The van der Waals surface area contributed by atoms with Crippen molar-refractivity contribution in [3.63, 3.8) is 0 Å². The molecule has 1 aliphatic rings. The standard InChI is InChI=1S/C28H29F2N7O3S/c1-31-28(38)32-19-8-6-18(7-9-19)26-34-23-11-10-21(33-25(23)27(35-26)37-13-15-40-16-14-37)20-4-2-5-22(24(20)30)36-41(39)17-3-12-29/h2,4-11,36H,3,12-17H2,1H3,(H2,31,32,38). The van der Waals surface area contributed by atoms with Gasteiger partial charge in [0.05, 0.1) is 36.8 Å². The van der Waals surface area contributed by atoms with Gasteiger partial charge in [0.25, 0.3) is 0 Å². The highest BCUT2D eigenvalue weighted by Crippen LogP contribution is 2.32. The molecule has 0 radical (unpaired) electrons. The van der Waals surface area contributed by atoms with E-state index in [4.69, 9.17) is 19.7 Å². The zero-order valence-corrected chi connectivity index (χ0v) is 23.1. The van der Waals surface area contributed by atoms with Crippen LogP contribution < -0.4 is 20.3 Å². The number of anilines is 3. The second-order valence-corrected chi connectivity index (χ2v) is 10.5. The highest BCUT2D eigenvalue weighted by atomic mass is 32.2. The van der Waals surface area contributed by atoms with E-state index in [1.165, 1.54) is 6.07 Å². The molecule has 1 saturated heterocycles. The number of carbonyl (C=O) groups is 1. The maximum Gasteiger partial charge on any atom is 0.318 e. The van der Waals surface area contributed by atoms with Gasteiger partial charge in [0.15, 0.2) is 17.5 Å². The predicted octanol–water partition coefficient (Wildman–Crippen LogP) is 4.52. The minimum atomic E-state index is -1.61. The Labute approximate surface area is 238 Å². The molecule has 3 N–H and O–H groups in total. The van der Waals surface area contributed by atoms with Gasteiger partial charge in [0.1, 0.15) is 16.5 Å². The van der Waals surface area contributed by atoms with Crippen molar-refractivity contribution in [1.82, 2.24) is 20.3 Å². The van der Waals surface area contributed by atoms with Crippen LogP contribution in [-0.4, -0.2) is 71.0 Å². The van der Waals surface area contributed by atoms with Crippen LogP contribution in [-0.2, 0) is 15.7 Å². The summed E-state index contributed by atoms with van der Waals surface area (Å²) in [5.41, 5.74) is 3.09. The fourth-order valence-electron chi connectivity index (χ4n) is 4.34. The molecule has 41 heavy (non-hydrogen) atoms. The molecule has 5 rings (SSSR count). The Morgan fingerprint density at radius 3 is 2.56 bits per heavy atom. The number of aromatic nitrogens is 3. The number of urea groups is 1. The van der Waals surface area contributed by atoms with Gasteiger partial charge >= 0.3 is 6.03 Å². The lowest BCUT2D eigenvalue weighted by Gasteiger charge is -2.28. The van der Waals surface area contributed by atoms with E-state index in [1.54, 1.807) is 43.4 Å². The van der Waals surface area contributed by atoms with Gasteiger partial charge in [-0.1, -0.05) is 6.07 Å². The number of ether oxygens (including phenoxy) is 1. The Hall–Kier alpha value is -4.23. The lowest BCUT2D eigenvalue weighted by Crippen LogP contribution is -2.37. The van der Waals surface area contributed by atoms with Crippen LogP contribution in [0.25, 0.3) is 33.7 Å². The topological polar surface area (TPSA) is 121 Å². The number of rotatable bonds is 9. The first kappa shape index (κ1) is 28.3. The van der Waals surface area contributed by atoms with E-state index in [0.717, 1.165) is 5.56 Å². The molecule has 0 saturated carbocycles. The third-order valence-corrected chi connectivity index (χ3v) is 7.53. The highest BCUT2D eigenvalue weighted by Gasteiger charge is 2.21. The number of nitrogens with zero attached hydrogens (tertiary/aromatic N) is 4. The van der Waals surface area contributed by atoms with Gasteiger partial charge in [-0.2, -0.15) is 0 Å².